The monoisotopic (exact) mass is 176 g/mol. The van der Waals surface area contributed by atoms with E-state index in [9.17, 15) is 4.79 Å². The van der Waals surface area contributed by atoms with E-state index in [4.69, 9.17) is 5.73 Å². The minimum Gasteiger partial charge on any atom is -0.355 e. The first-order valence-electron chi connectivity index (χ1n) is 3.85. The van der Waals surface area contributed by atoms with E-state index in [0.717, 1.165) is 18.1 Å². The fourth-order valence-corrected chi connectivity index (χ4v) is 1.19. The number of hydrogen-bond acceptors (Lipinski definition) is 3. The largest absolute Gasteiger partial charge is 0.355 e. The van der Waals surface area contributed by atoms with Gasteiger partial charge >= 0.3 is 0 Å². The molecular formula is C7H16N2OS. The molecule has 0 fully saturated rings. The van der Waals surface area contributed by atoms with Gasteiger partial charge in [-0.2, -0.15) is 11.8 Å². The highest BCUT2D eigenvalue weighted by molar-refractivity contribution is 7.99. The fraction of sp³-hybridized carbons (Fsp3) is 0.857. The third kappa shape index (κ3) is 7.68. The maximum Gasteiger partial charge on any atom is 0.219 e. The molecule has 0 aromatic carbocycles. The molecule has 4 heteroatoms. The Kier molecular flexibility index (Phi) is 7.72. The van der Waals surface area contributed by atoms with Gasteiger partial charge in [-0.25, -0.2) is 0 Å². The van der Waals surface area contributed by atoms with Gasteiger partial charge in [0.25, 0.3) is 0 Å². The lowest BCUT2D eigenvalue weighted by atomic mass is 10.4. The van der Waals surface area contributed by atoms with E-state index >= 15 is 0 Å². The maximum absolute atomic E-state index is 10.7. The SMILES string of the molecule is CCC(=O)NCCSCCN. The van der Waals surface area contributed by atoms with E-state index < -0.39 is 0 Å². The van der Waals surface area contributed by atoms with Crippen molar-refractivity contribution in [2.24, 2.45) is 5.73 Å². The number of nitrogens with one attached hydrogen (secondary N) is 1. The van der Waals surface area contributed by atoms with Crippen LogP contribution in [-0.2, 0) is 4.79 Å². The molecule has 0 aliphatic heterocycles. The van der Waals surface area contributed by atoms with Crippen molar-refractivity contribution in [1.82, 2.24) is 5.32 Å². The van der Waals surface area contributed by atoms with Gasteiger partial charge in [-0.1, -0.05) is 6.92 Å². The highest BCUT2D eigenvalue weighted by atomic mass is 32.2. The standard InChI is InChI=1S/C7H16N2OS/c1-2-7(10)9-4-6-11-5-3-8/h2-6,8H2,1H3,(H,9,10). The Morgan fingerprint density at radius 1 is 1.55 bits per heavy atom. The Hall–Kier alpha value is -0.220. The quantitative estimate of drug-likeness (QED) is 0.569. The maximum atomic E-state index is 10.7. The molecule has 0 aliphatic carbocycles. The zero-order chi connectivity index (χ0) is 8.53. The molecule has 0 aliphatic rings. The van der Waals surface area contributed by atoms with Gasteiger partial charge < -0.3 is 11.1 Å². The lowest BCUT2D eigenvalue weighted by molar-refractivity contribution is -0.120. The molecule has 66 valence electrons. The van der Waals surface area contributed by atoms with E-state index in [1.807, 2.05) is 6.92 Å². The minimum atomic E-state index is 0.123. The zero-order valence-electron chi connectivity index (χ0n) is 6.93. The molecule has 1 amide bonds. The second kappa shape index (κ2) is 7.88. The summed E-state index contributed by atoms with van der Waals surface area (Å²) in [5.74, 6) is 2.06. The first-order valence-corrected chi connectivity index (χ1v) is 5.01. The molecule has 0 unspecified atom stereocenters. The zero-order valence-corrected chi connectivity index (χ0v) is 7.75. The summed E-state index contributed by atoms with van der Waals surface area (Å²) in [5.41, 5.74) is 5.29. The number of hydrogen-bond donors (Lipinski definition) is 2. The summed E-state index contributed by atoms with van der Waals surface area (Å²) >= 11 is 1.77. The molecule has 0 bridgehead atoms. The normalized spacial score (nSPS) is 9.64. The summed E-state index contributed by atoms with van der Waals surface area (Å²) in [7, 11) is 0. The summed E-state index contributed by atoms with van der Waals surface area (Å²) in [4.78, 5) is 10.7. The summed E-state index contributed by atoms with van der Waals surface area (Å²) in [6.07, 6.45) is 0.571. The van der Waals surface area contributed by atoms with Crippen molar-refractivity contribution in [3.63, 3.8) is 0 Å². The minimum absolute atomic E-state index is 0.123. The third-order valence-electron chi connectivity index (χ3n) is 1.15. The van der Waals surface area contributed by atoms with Crippen molar-refractivity contribution in [1.29, 1.82) is 0 Å². The van der Waals surface area contributed by atoms with Gasteiger partial charge in [0, 0.05) is 31.0 Å². The molecule has 0 saturated carbocycles. The molecule has 0 spiro atoms. The van der Waals surface area contributed by atoms with Crippen LogP contribution < -0.4 is 11.1 Å². The molecule has 0 aromatic rings. The van der Waals surface area contributed by atoms with Gasteiger partial charge in [0.05, 0.1) is 0 Å². The van der Waals surface area contributed by atoms with Crippen LogP contribution in [0.2, 0.25) is 0 Å². The topological polar surface area (TPSA) is 55.1 Å². The van der Waals surface area contributed by atoms with E-state index in [2.05, 4.69) is 5.32 Å². The van der Waals surface area contributed by atoms with Crippen LogP contribution in [0, 0.1) is 0 Å². The Labute approximate surface area is 72.1 Å². The van der Waals surface area contributed by atoms with E-state index in [-0.39, 0.29) is 5.91 Å². The molecular weight excluding hydrogens is 160 g/mol. The summed E-state index contributed by atoms with van der Waals surface area (Å²) in [5, 5.41) is 2.79. The smallest absolute Gasteiger partial charge is 0.219 e. The van der Waals surface area contributed by atoms with Crippen LogP contribution in [0.3, 0.4) is 0 Å². The Morgan fingerprint density at radius 2 is 2.27 bits per heavy atom. The van der Waals surface area contributed by atoms with Crippen molar-refractivity contribution < 1.29 is 4.79 Å². The first-order chi connectivity index (χ1) is 5.31. The second-order valence-electron chi connectivity index (χ2n) is 2.10. The highest BCUT2D eigenvalue weighted by Crippen LogP contribution is 1.94. The number of nitrogens with two attached hydrogens (primary N) is 1. The summed E-state index contributed by atoms with van der Waals surface area (Å²) in [6, 6.07) is 0. The summed E-state index contributed by atoms with van der Waals surface area (Å²) < 4.78 is 0. The molecule has 3 N–H and O–H groups in total. The molecule has 0 saturated heterocycles. The van der Waals surface area contributed by atoms with Crippen molar-refractivity contribution in [3.05, 3.63) is 0 Å². The van der Waals surface area contributed by atoms with Gasteiger partial charge in [-0.3, -0.25) is 4.79 Å². The van der Waals surface area contributed by atoms with Crippen LogP contribution >= 0.6 is 11.8 Å². The van der Waals surface area contributed by atoms with Gasteiger partial charge in [0.1, 0.15) is 0 Å². The van der Waals surface area contributed by atoms with Gasteiger partial charge in [0.2, 0.25) is 5.91 Å². The molecule has 0 atom stereocenters. The van der Waals surface area contributed by atoms with Gasteiger partial charge in [-0.15, -0.1) is 0 Å². The number of carbonyl (C=O) groups is 1. The first kappa shape index (κ1) is 10.8. The molecule has 11 heavy (non-hydrogen) atoms. The van der Waals surface area contributed by atoms with E-state index in [1.165, 1.54) is 0 Å². The predicted octanol–water partition coefficient (Wildman–Crippen LogP) is 0.205. The van der Waals surface area contributed by atoms with E-state index in [0.29, 0.717) is 13.0 Å². The van der Waals surface area contributed by atoms with Crippen LogP contribution in [-0.4, -0.2) is 30.5 Å². The second-order valence-corrected chi connectivity index (χ2v) is 3.33. The van der Waals surface area contributed by atoms with Crippen LogP contribution in [0.1, 0.15) is 13.3 Å². The molecule has 3 nitrogen and oxygen atoms in total. The summed E-state index contributed by atoms with van der Waals surface area (Å²) in [6.45, 7) is 3.33. The number of amides is 1. The van der Waals surface area contributed by atoms with Crippen LogP contribution in [0.25, 0.3) is 0 Å². The van der Waals surface area contributed by atoms with Gasteiger partial charge in [-0.05, 0) is 0 Å². The van der Waals surface area contributed by atoms with Crippen LogP contribution in [0.4, 0.5) is 0 Å². The molecule has 0 radical (unpaired) electrons. The third-order valence-corrected chi connectivity index (χ3v) is 2.17. The molecule has 0 aromatic heterocycles. The van der Waals surface area contributed by atoms with Crippen molar-refractivity contribution in [2.45, 2.75) is 13.3 Å². The lowest BCUT2D eigenvalue weighted by Crippen LogP contribution is -2.24. The number of carbonyl (C=O) groups excluding carboxylic acids is 1. The van der Waals surface area contributed by atoms with Crippen molar-refractivity contribution in [3.8, 4) is 0 Å². The van der Waals surface area contributed by atoms with Crippen LogP contribution in [0.15, 0.2) is 0 Å². The average Bonchev–Trinajstić information content (AvgIpc) is 2.04. The van der Waals surface area contributed by atoms with Gasteiger partial charge in [0.15, 0.2) is 0 Å². The Balaban J connectivity index is 2.95. The van der Waals surface area contributed by atoms with Crippen molar-refractivity contribution in [2.75, 3.05) is 24.6 Å². The van der Waals surface area contributed by atoms with Crippen LogP contribution in [0.5, 0.6) is 0 Å². The fourth-order valence-electron chi connectivity index (χ4n) is 0.573. The Bertz CT molecular complexity index is 109. The lowest BCUT2D eigenvalue weighted by Gasteiger charge is -2.01. The van der Waals surface area contributed by atoms with E-state index in [1.54, 1.807) is 11.8 Å². The number of thioether (sulfide) groups is 1. The molecule has 0 heterocycles. The average molecular weight is 176 g/mol. The predicted molar refractivity (Wildman–Crippen MR) is 49.7 cm³/mol. The molecule has 0 rings (SSSR count). The number of rotatable bonds is 6. The van der Waals surface area contributed by atoms with Crippen molar-refractivity contribution >= 4 is 17.7 Å². The highest BCUT2D eigenvalue weighted by Gasteiger charge is 1.93. The Morgan fingerprint density at radius 3 is 2.82 bits per heavy atom.